The van der Waals surface area contributed by atoms with Crippen LogP contribution in [-0.4, -0.2) is 44.6 Å². The highest BCUT2D eigenvalue weighted by molar-refractivity contribution is 5.76. The second kappa shape index (κ2) is 8.03. The van der Waals surface area contributed by atoms with Gasteiger partial charge < -0.3 is 15.0 Å². The lowest BCUT2D eigenvalue weighted by molar-refractivity contribution is -0.132. The number of methoxy groups -OCH3 is 1. The zero-order valence-electron chi connectivity index (χ0n) is 13.1. The van der Waals surface area contributed by atoms with Crippen molar-refractivity contribution in [3.05, 3.63) is 29.8 Å². The molecule has 21 heavy (non-hydrogen) atoms. The molecule has 1 aliphatic heterocycles. The van der Waals surface area contributed by atoms with Crippen LogP contribution in [-0.2, 0) is 11.2 Å². The van der Waals surface area contributed by atoms with Gasteiger partial charge in [-0.25, -0.2) is 0 Å². The highest BCUT2D eigenvalue weighted by Gasteiger charge is 2.22. The predicted molar refractivity (Wildman–Crippen MR) is 84.5 cm³/mol. The normalized spacial score (nSPS) is 18.6. The van der Waals surface area contributed by atoms with Crippen molar-refractivity contribution in [2.75, 3.05) is 33.8 Å². The SMILES string of the molecule is CNCC1CCCN(C(=O)CCc2cccc(OC)c2)C1. The van der Waals surface area contributed by atoms with Crippen LogP contribution in [0.5, 0.6) is 5.75 Å². The number of carbonyl (C=O) groups excluding carboxylic acids is 1. The maximum atomic E-state index is 12.3. The van der Waals surface area contributed by atoms with Gasteiger partial charge in [0.15, 0.2) is 0 Å². The Kier molecular flexibility index (Phi) is 6.05. The molecule has 4 nitrogen and oxygen atoms in total. The van der Waals surface area contributed by atoms with Gasteiger partial charge in [0, 0.05) is 19.5 Å². The summed E-state index contributed by atoms with van der Waals surface area (Å²) in [7, 11) is 3.64. The lowest BCUT2D eigenvalue weighted by Crippen LogP contribution is -2.42. The number of nitrogens with zero attached hydrogens (tertiary/aromatic N) is 1. The molecule has 0 spiro atoms. The molecule has 2 rings (SSSR count). The van der Waals surface area contributed by atoms with E-state index < -0.39 is 0 Å². The second-order valence-corrected chi connectivity index (χ2v) is 5.76. The number of ether oxygens (including phenoxy) is 1. The topological polar surface area (TPSA) is 41.6 Å². The zero-order valence-corrected chi connectivity index (χ0v) is 13.1. The third-order valence-electron chi connectivity index (χ3n) is 4.13. The van der Waals surface area contributed by atoms with E-state index in [0.29, 0.717) is 12.3 Å². The minimum Gasteiger partial charge on any atom is -0.497 e. The third-order valence-corrected chi connectivity index (χ3v) is 4.13. The lowest BCUT2D eigenvalue weighted by atomic mass is 9.97. The van der Waals surface area contributed by atoms with Gasteiger partial charge in [0.2, 0.25) is 5.91 Å². The molecule has 1 aromatic carbocycles. The first-order valence-electron chi connectivity index (χ1n) is 7.78. The summed E-state index contributed by atoms with van der Waals surface area (Å²) in [6.07, 6.45) is 3.71. The Morgan fingerprint density at radius 1 is 1.48 bits per heavy atom. The number of hydrogen-bond acceptors (Lipinski definition) is 3. The highest BCUT2D eigenvalue weighted by Crippen LogP contribution is 2.18. The molecule has 1 fully saturated rings. The third kappa shape index (κ3) is 4.74. The number of piperidine rings is 1. The molecule has 1 saturated heterocycles. The Balaban J connectivity index is 1.83. The van der Waals surface area contributed by atoms with E-state index in [2.05, 4.69) is 11.4 Å². The van der Waals surface area contributed by atoms with Crippen molar-refractivity contribution in [1.29, 1.82) is 0 Å². The van der Waals surface area contributed by atoms with Gasteiger partial charge in [0.25, 0.3) is 0 Å². The fourth-order valence-electron chi connectivity index (χ4n) is 2.98. The average Bonchev–Trinajstić information content (AvgIpc) is 2.53. The summed E-state index contributed by atoms with van der Waals surface area (Å²) in [4.78, 5) is 14.4. The standard InChI is InChI=1S/C17H26N2O2/c1-18-12-15-6-4-10-19(13-15)17(20)9-8-14-5-3-7-16(11-14)21-2/h3,5,7,11,15,18H,4,6,8-10,12-13H2,1-2H3. The van der Waals surface area contributed by atoms with Crippen LogP contribution in [0.4, 0.5) is 0 Å². The van der Waals surface area contributed by atoms with Gasteiger partial charge in [-0.1, -0.05) is 12.1 Å². The van der Waals surface area contributed by atoms with Crippen molar-refractivity contribution in [2.45, 2.75) is 25.7 Å². The summed E-state index contributed by atoms with van der Waals surface area (Å²) < 4.78 is 5.22. The quantitative estimate of drug-likeness (QED) is 0.872. The molecule has 4 heteroatoms. The number of benzene rings is 1. The maximum absolute atomic E-state index is 12.3. The van der Waals surface area contributed by atoms with E-state index in [4.69, 9.17) is 4.74 Å². The monoisotopic (exact) mass is 290 g/mol. The fourth-order valence-corrected chi connectivity index (χ4v) is 2.98. The molecule has 1 aromatic rings. The number of aryl methyl sites for hydroxylation is 1. The molecule has 1 N–H and O–H groups in total. The molecule has 1 aliphatic rings. The molecule has 0 aromatic heterocycles. The zero-order chi connectivity index (χ0) is 15.1. The summed E-state index contributed by atoms with van der Waals surface area (Å²) in [5.41, 5.74) is 1.16. The van der Waals surface area contributed by atoms with Crippen LogP contribution in [0.1, 0.15) is 24.8 Å². The molecule has 0 saturated carbocycles. The summed E-state index contributed by atoms with van der Waals surface area (Å²) in [6, 6.07) is 7.96. The number of nitrogens with one attached hydrogen (secondary N) is 1. The van der Waals surface area contributed by atoms with Crippen LogP contribution in [0, 0.1) is 5.92 Å². The molecule has 0 radical (unpaired) electrons. The lowest BCUT2D eigenvalue weighted by Gasteiger charge is -2.32. The summed E-state index contributed by atoms with van der Waals surface area (Å²) in [6.45, 7) is 2.81. The average molecular weight is 290 g/mol. The summed E-state index contributed by atoms with van der Waals surface area (Å²) >= 11 is 0. The number of hydrogen-bond donors (Lipinski definition) is 1. The predicted octanol–water partition coefficient (Wildman–Crippen LogP) is 2.09. The molecule has 116 valence electrons. The van der Waals surface area contributed by atoms with Crippen LogP contribution >= 0.6 is 0 Å². The van der Waals surface area contributed by atoms with E-state index >= 15 is 0 Å². The van der Waals surface area contributed by atoms with Gasteiger partial charge >= 0.3 is 0 Å². The van der Waals surface area contributed by atoms with Gasteiger partial charge in [0.05, 0.1) is 7.11 Å². The van der Waals surface area contributed by atoms with E-state index in [1.165, 1.54) is 6.42 Å². The van der Waals surface area contributed by atoms with E-state index in [9.17, 15) is 4.79 Å². The number of carbonyl (C=O) groups is 1. The van der Waals surface area contributed by atoms with Gasteiger partial charge in [0.1, 0.15) is 5.75 Å². The van der Waals surface area contributed by atoms with Crippen LogP contribution < -0.4 is 10.1 Å². The Hall–Kier alpha value is -1.55. The number of rotatable bonds is 6. The molecule has 1 amide bonds. The first-order valence-corrected chi connectivity index (χ1v) is 7.78. The maximum Gasteiger partial charge on any atom is 0.222 e. The van der Waals surface area contributed by atoms with Crippen LogP contribution in [0.25, 0.3) is 0 Å². The Morgan fingerprint density at radius 2 is 2.33 bits per heavy atom. The van der Waals surface area contributed by atoms with E-state index in [1.54, 1.807) is 7.11 Å². The summed E-state index contributed by atoms with van der Waals surface area (Å²) in [5, 5.41) is 3.22. The Morgan fingerprint density at radius 3 is 3.10 bits per heavy atom. The highest BCUT2D eigenvalue weighted by atomic mass is 16.5. The molecule has 1 heterocycles. The van der Waals surface area contributed by atoms with Crippen LogP contribution in [0.2, 0.25) is 0 Å². The van der Waals surface area contributed by atoms with Gasteiger partial charge in [-0.05, 0) is 56.5 Å². The first kappa shape index (κ1) is 15.8. The van der Waals surface area contributed by atoms with Crippen molar-refractivity contribution in [3.8, 4) is 5.75 Å². The fraction of sp³-hybridized carbons (Fsp3) is 0.588. The second-order valence-electron chi connectivity index (χ2n) is 5.76. The minimum absolute atomic E-state index is 0.277. The van der Waals surface area contributed by atoms with Gasteiger partial charge in [-0.3, -0.25) is 4.79 Å². The molecule has 1 atom stereocenters. The van der Waals surface area contributed by atoms with Crippen molar-refractivity contribution in [3.63, 3.8) is 0 Å². The number of likely N-dealkylation sites (tertiary alicyclic amines) is 1. The smallest absolute Gasteiger partial charge is 0.222 e. The summed E-state index contributed by atoms with van der Waals surface area (Å²) in [5.74, 6) is 1.73. The van der Waals surface area contributed by atoms with Crippen molar-refractivity contribution >= 4 is 5.91 Å². The first-order chi connectivity index (χ1) is 10.2. The Labute approximate surface area is 127 Å². The van der Waals surface area contributed by atoms with Gasteiger partial charge in [-0.2, -0.15) is 0 Å². The van der Waals surface area contributed by atoms with Crippen molar-refractivity contribution in [2.24, 2.45) is 5.92 Å². The Bertz CT molecular complexity index is 460. The van der Waals surface area contributed by atoms with E-state index in [0.717, 1.165) is 43.8 Å². The largest absolute Gasteiger partial charge is 0.497 e. The molecule has 1 unspecified atom stereocenters. The van der Waals surface area contributed by atoms with Crippen molar-refractivity contribution in [1.82, 2.24) is 10.2 Å². The minimum atomic E-state index is 0.277. The van der Waals surface area contributed by atoms with Crippen LogP contribution in [0.3, 0.4) is 0 Å². The van der Waals surface area contributed by atoms with Crippen molar-refractivity contribution < 1.29 is 9.53 Å². The molecule has 0 aliphatic carbocycles. The van der Waals surface area contributed by atoms with Crippen LogP contribution in [0.15, 0.2) is 24.3 Å². The molecular weight excluding hydrogens is 264 g/mol. The molecular formula is C17H26N2O2. The molecule has 0 bridgehead atoms. The van der Waals surface area contributed by atoms with E-state index in [-0.39, 0.29) is 5.91 Å². The number of amides is 1. The van der Waals surface area contributed by atoms with Gasteiger partial charge in [-0.15, -0.1) is 0 Å². The van der Waals surface area contributed by atoms with E-state index in [1.807, 2.05) is 30.1 Å².